The number of carbonyl (C=O) groups excluding carboxylic acids is 5. The highest BCUT2D eigenvalue weighted by atomic mass is 32.2. The number of halogens is 2. The van der Waals surface area contributed by atoms with Crippen molar-refractivity contribution in [3.8, 4) is 0 Å². The molecule has 2 aliphatic carbocycles. The molecule has 4 unspecified atom stereocenters. The number of benzene rings is 1. The summed E-state index contributed by atoms with van der Waals surface area (Å²) >= 11 is 0.934. The number of hydrogen-bond acceptors (Lipinski definition) is 14. The quantitative estimate of drug-likeness (QED) is 0.137. The second kappa shape index (κ2) is 15.4. The summed E-state index contributed by atoms with van der Waals surface area (Å²) < 4.78 is 62.4. The molecular formula is C30H39F2NO13S. The van der Waals surface area contributed by atoms with Crippen molar-refractivity contribution in [1.82, 2.24) is 5.32 Å². The lowest BCUT2D eigenvalue weighted by Crippen LogP contribution is -2.63. The molecule has 262 valence electrons. The number of carbonyl (C=O) groups is 5. The summed E-state index contributed by atoms with van der Waals surface area (Å²) in [5.41, 5.74) is -3.24. The van der Waals surface area contributed by atoms with Crippen molar-refractivity contribution in [3.05, 3.63) is 29.8 Å². The highest BCUT2D eigenvalue weighted by molar-refractivity contribution is 7.99. The molecule has 1 aromatic rings. The zero-order valence-corrected chi connectivity index (χ0v) is 27.7. The average molecular weight is 692 g/mol. The third kappa shape index (κ3) is 9.59. The van der Waals surface area contributed by atoms with Gasteiger partial charge < -0.3 is 43.6 Å². The summed E-state index contributed by atoms with van der Waals surface area (Å²) in [6.07, 6.45) is -5.87. The molecule has 0 spiro atoms. The van der Waals surface area contributed by atoms with E-state index >= 15 is 0 Å². The van der Waals surface area contributed by atoms with Crippen LogP contribution in [0.2, 0.25) is 0 Å². The van der Waals surface area contributed by atoms with Gasteiger partial charge >= 0.3 is 30.3 Å². The molecule has 0 bridgehead atoms. The highest BCUT2D eigenvalue weighted by Gasteiger charge is 2.80. The van der Waals surface area contributed by atoms with Gasteiger partial charge in [-0.05, 0) is 66.7 Å². The number of aliphatic hydroxyl groups is 1. The standard InChI is InChI=1S/C30H39F2NO13S/c1-14(2)44-27(38)42-12-40-24(35)21-20-22(21)30(33-26(37)46-29(5,6)7,25(36)41-13-43-28(39)45-15(3)4)17(23(20)34)11-47-16-8-9-18(31)19(32)10-16/h8-10,14-15,17,20-23,34H,11-13H2,1-7H3,(H,33,37)/t17?,20?,21?,22?,23-,30+/m1/s1. The number of thioether (sulfide) groups is 1. The second-order valence-electron chi connectivity index (χ2n) is 12.4. The SMILES string of the molecule is CC(C)OC(=O)OCOC(=O)C1C2C1[C@](NC(=O)OC(C)(C)C)(C(=O)OCOC(=O)OC(C)C)C(CSc1ccc(F)c(F)c1)[C@H]2O. The van der Waals surface area contributed by atoms with Gasteiger partial charge in [-0.3, -0.25) is 4.79 Å². The fraction of sp³-hybridized carbons (Fsp3) is 0.633. The maximum atomic E-state index is 14.0. The van der Waals surface area contributed by atoms with Gasteiger partial charge in [0.25, 0.3) is 0 Å². The van der Waals surface area contributed by atoms with E-state index in [0.29, 0.717) is 0 Å². The van der Waals surface area contributed by atoms with E-state index in [2.05, 4.69) is 5.32 Å². The minimum absolute atomic E-state index is 0.174. The predicted molar refractivity (Wildman–Crippen MR) is 156 cm³/mol. The fourth-order valence-electron chi connectivity index (χ4n) is 5.34. The number of nitrogens with one attached hydrogen (secondary N) is 1. The number of amides is 1. The first-order valence-corrected chi connectivity index (χ1v) is 15.6. The van der Waals surface area contributed by atoms with Crippen LogP contribution in [0.3, 0.4) is 0 Å². The van der Waals surface area contributed by atoms with Gasteiger partial charge in [-0.15, -0.1) is 11.8 Å². The molecule has 3 rings (SSSR count). The smallest absolute Gasteiger partial charge is 0.444 e. The lowest BCUT2D eigenvalue weighted by Gasteiger charge is -2.38. The largest absolute Gasteiger partial charge is 0.511 e. The van der Waals surface area contributed by atoms with E-state index in [-0.39, 0.29) is 10.6 Å². The Bertz CT molecular complexity index is 1340. The Hall–Kier alpha value is -3.86. The summed E-state index contributed by atoms with van der Waals surface area (Å²) in [5.74, 6) is -9.09. The third-order valence-electron chi connectivity index (χ3n) is 7.04. The Balaban J connectivity index is 1.93. The molecule has 2 N–H and O–H groups in total. The van der Waals surface area contributed by atoms with Crippen LogP contribution in [0.1, 0.15) is 48.5 Å². The molecule has 2 saturated carbocycles. The van der Waals surface area contributed by atoms with Gasteiger partial charge in [0.15, 0.2) is 17.2 Å². The van der Waals surface area contributed by atoms with Crippen molar-refractivity contribution in [1.29, 1.82) is 0 Å². The minimum Gasteiger partial charge on any atom is -0.444 e. The molecule has 47 heavy (non-hydrogen) atoms. The molecule has 1 aromatic carbocycles. The Morgan fingerprint density at radius 2 is 1.49 bits per heavy atom. The summed E-state index contributed by atoms with van der Waals surface area (Å²) in [5, 5.41) is 14.0. The molecule has 0 aliphatic heterocycles. The van der Waals surface area contributed by atoms with E-state index in [1.54, 1.807) is 48.5 Å². The Kier molecular flexibility index (Phi) is 12.3. The van der Waals surface area contributed by atoms with E-state index in [4.69, 9.17) is 33.2 Å². The fourth-order valence-corrected chi connectivity index (χ4v) is 6.52. The van der Waals surface area contributed by atoms with Crippen LogP contribution in [0.4, 0.5) is 23.2 Å². The van der Waals surface area contributed by atoms with Crippen LogP contribution in [0.15, 0.2) is 23.1 Å². The molecule has 0 heterocycles. The van der Waals surface area contributed by atoms with Gasteiger partial charge in [0.05, 0.1) is 24.2 Å². The van der Waals surface area contributed by atoms with Crippen LogP contribution in [-0.4, -0.2) is 84.2 Å². The summed E-state index contributed by atoms with van der Waals surface area (Å²) in [4.78, 5) is 64.1. The van der Waals surface area contributed by atoms with E-state index in [1.807, 2.05) is 0 Å². The normalized spacial score (nSPS) is 24.6. The molecule has 1 amide bonds. The number of esters is 2. The zero-order chi connectivity index (χ0) is 35.3. The van der Waals surface area contributed by atoms with Crippen molar-refractivity contribution in [3.63, 3.8) is 0 Å². The first kappa shape index (κ1) is 37.6. The van der Waals surface area contributed by atoms with Gasteiger partial charge in [-0.1, -0.05) is 0 Å². The molecular weight excluding hydrogens is 652 g/mol. The van der Waals surface area contributed by atoms with Crippen LogP contribution in [0.5, 0.6) is 0 Å². The van der Waals surface area contributed by atoms with E-state index < -0.39 is 109 Å². The number of aliphatic hydroxyl groups excluding tert-OH is 1. The summed E-state index contributed by atoms with van der Waals surface area (Å²) in [6, 6.07) is 3.10. The topological polar surface area (TPSA) is 182 Å². The Morgan fingerprint density at radius 1 is 0.915 bits per heavy atom. The maximum absolute atomic E-state index is 14.0. The minimum atomic E-state index is -2.19. The third-order valence-corrected chi connectivity index (χ3v) is 8.15. The molecule has 17 heteroatoms. The molecule has 2 fully saturated rings. The van der Waals surface area contributed by atoms with Gasteiger partial charge in [0.2, 0.25) is 13.6 Å². The van der Waals surface area contributed by atoms with Crippen molar-refractivity contribution in [2.45, 2.75) is 82.8 Å². The highest BCUT2D eigenvalue weighted by Crippen LogP contribution is 2.66. The van der Waals surface area contributed by atoms with E-state index in [0.717, 1.165) is 23.9 Å². The Morgan fingerprint density at radius 3 is 2.02 bits per heavy atom. The van der Waals surface area contributed by atoms with Crippen LogP contribution < -0.4 is 5.32 Å². The van der Waals surface area contributed by atoms with Crippen LogP contribution in [0, 0.1) is 35.3 Å². The van der Waals surface area contributed by atoms with Crippen molar-refractivity contribution < 1.29 is 71.0 Å². The summed E-state index contributed by atoms with van der Waals surface area (Å²) in [6.45, 7) is 9.18. The maximum Gasteiger partial charge on any atom is 0.511 e. The van der Waals surface area contributed by atoms with Crippen molar-refractivity contribution in [2.24, 2.45) is 23.7 Å². The first-order chi connectivity index (χ1) is 21.9. The van der Waals surface area contributed by atoms with Crippen molar-refractivity contribution in [2.75, 3.05) is 19.3 Å². The molecule has 0 aromatic heterocycles. The van der Waals surface area contributed by atoms with E-state index in [1.165, 1.54) is 6.07 Å². The number of fused-ring (bicyclic) bond motifs is 1. The molecule has 6 atom stereocenters. The van der Waals surface area contributed by atoms with Gasteiger partial charge in [0.1, 0.15) is 5.60 Å². The predicted octanol–water partition coefficient (Wildman–Crippen LogP) is 4.30. The second-order valence-corrected chi connectivity index (χ2v) is 13.5. The van der Waals surface area contributed by atoms with Crippen molar-refractivity contribution >= 4 is 42.1 Å². The van der Waals surface area contributed by atoms with Gasteiger partial charge in [-0.25, -0.2) is 28.0 Å². The lowest BCUT2D eigenvalue weighted by atomic mass is 9.80. The Labute approximate surface area is 274 Å². The van der Waals surface area contributed by atoms with Crippen LogP contribution in [0.25, 0.3) is 0 Å². The van der Waals surface area contributed by atoms with E-state index in [9.17, 15) is 37.9 Å². The number of alkyl carbamates (subject to hydrolysis) is 1. The number of hydrogen-bond donors (Lipinski definition) is 2. The van der Waals surface area contributed by atoms with Gasteiger partial charge in [-0.2, -0.15) is 0 Å². The molecule has 0 saturated heterocycles. The zero-order valence-electron chi connectivity index (χ0n) is 26.9. The molecule has 0 radical (unpaired) electrons. The monoisotopic (exact) mass is 691 g/mol. The average Bonchev–Trinajstić information content (AvgIpc) is 3.63. The molecule has 2 aliphatic rings. The number of rotatable bonds is 12. The van der Waals surface area contributed by atoms with Gasteiger partial charge in [0, 0.05) is 28.4 Å². The first-order valence-electron chi connectivity index (χ1n) is 14.6. The van der Waals surface area contributed by atoms with Crippen LogP contribution in [-0.2, 0) is 42.7 Å². The van der Waals surface area contributed by atoms with Crippen LogP contribution >= 0.6 is 11.8 Å². The summed E-state index contributed by atoms with van der Waals surface area (Å²) in [7, 11) is 0. The number of ether oxygens (including phenoxy) is 7. The molecule has 14 nitrogen and oxygen atoms in total. The lowest BCUT2D eigenvalue weighted by molar-refractivity contribution is -0.167.